The summed E-state index contributed by atoms with van der Waals surface area (Å²) in [5.41, 5.74) is 5.64. The van der Waals surface area contributed by atoms with E-state index < -0.39 is 18.6 Å². The van der Waals surface area contributed by atoms with Crippen LogP contribution in [-0.2, 0) is 5.41 Å². The van der Waals surface area contributed by atoms with E-state index in [0.717, 1.165) is 5.01 Å². The Morgan fingerprint density at radius 3 is 2.31 bits per heavy atom. The van der Waals surface area contributed by atoms with E-state index in [1.54, 1.807) is 5.38 Å². The molecule has 16 heavy (non-hydrogen) atoms. The number of hydrogen-bond acceptors (Lipinski definition) is 3. The van der Waals surface area contributed by atoms with Gasteiger partial charge in [0.25, 0.3) is 0 Å². The molecule has 2 nitrogen and oxygen atoms in total. The lowest BCUT2D eigenvalue weighted by atomic mass is 9.98. The first-order valence-electron chi connectivity index (χ1n) is 4.88. The predicted molar refractivity (Wildman–Crippen MR) is 58.4 cm³/mol. The van der Waals surface area contributed by atoms with Crippen LogP contribution in [0.3, 0.4) is 0 Å². The van der Waals surface area contributed by atoms with Gasteiger partial charge in [-0.3, -0.25) is 0 Å². The van der Waals surface area contributed by atoms with Crippen LogP contribution < -0.4 is 5.73 Å². The van der Waals surface area contributed by atoms with Gasteiger partial charge in [-0.05, 0) is 0 Å². The van der Waals surface area contributed by atoms with Gasteiger partial charge >= 0.3 is 6.18 Å². The second kappa shape index (κ2) is 4.33. The summed E-state index contributed by atoms with van der Waals surface area (Å²) >= 11 is 1.35. The van der Waals surface area contributed by atoms with E-state index in [1.807, 2.05) is 20.8 Å². The molecule has 0 unspecified atom stereocenters. The van der Waals surface area contributed by atoms with Crippen molar-refractivity contribution in [1.29, 1.82) is 0 Å². The third-order valence-corrected chi connectivity index (χ3v) is 3.28. The Kier molecular flexibility index (Phi) is 3.64. The molecule has 92 valence electrons. The maximum Gasteiger partial charge on any atom is 0.390 e. The average Bonchev–Trinajstić information content (AvgIpc) is 2.46. The number of aromatic nitrogens is 1. The fourth-order valence-electron chi connectivity index (χ4n) is 1.15. The Morgan fingerprint density at radius 2 is 1.94 bits per heavy atom. The molecule has 0 saturated heterocycles. The minimum Gasteiger partial charge on any atom is -0.322 e. The predicted octanol–water partition coefficient (Wildman–Crippen LogP) is 3.39. The van der Waals surface area contributed by atoms with Crippen LogP contribution in [0.15, 0.2) is 5.38 Å². The summed E-state index contributed by atoms with van der Waals surface area (Å²) < 4.78 is 36.4. The topological polar surface area (TPSA) is 38.9 Å². The number of nitrogens with zero attached hydrogens (tertiary/aromatic N) is 1. The third kappa shape index (κ3) is 3.75. The second-order valence-electron chi connectivity index (χ2n) is 4.75. The van der Waals surface area contributed by atoms with Gasteiger partial charge in [0.15, 0.2) is 0 Å². The number of alkyl halides is 3. The number of nitrogens with two attached hydrogens (primary N) is 1. The van der Waals surface area contributed by atoms with Crippen LogP contribution in [0, 0.1) is 0 Å². The van der Waals surface area contributed by atoms with E-state index in [4.69, 9.17) is 5.73 Å². The lowest BCUT2D eigenvalue weighted by Crippen LogP contribution is -2.21. The van der Waals surface area contributed by atoms with Crippen molar-refractivity contribution < 1.29 is 13.2 Å². The summed E-state index contributed by atoms with van der Waals surface area (Å²) in [4.78, 5) is 4.16. The summed E-state index contributed by atoms with van der Waals surface area (Å²) in [7, 11) is 0. The molecule has 1 atom stereocenters. The van der Waals surface area contributed by atoms with Crippen molar-refractivity contribution in [3.63, 3.8) is 0 Å². The van der Waals surface area contributed by atoms with Crippen molar-refractivity contribution in [3.8, 4) is 0 Å². The SMILES string of the molecule is CC(C)(C)c1nc([C@H](N)CC(F)(F)F)cs1. The molecule has 1 rings (SSSR count). The van der Waals surface area contributed by atoms with Gasteiger partial charge < -0.3 is 5.73 Å². The summed E-state index contributed by atoms with van der Waals surface area (Å²) in [5, 5.41) is 2.41. The van der Waals surface area contributed by atoms with E-state index in [2.05, 4.69) is 4.98 Å². The first-order chi connectivity index (χ1) is 7.09. The zero-order valence-electron chi connectivity index (χ0n) is 9.43. The molecule has 1 heterocycles. The fourth-order valence-corrected chi connectivity index (χ4v) is 2.13. The Morgan fingerprint density at radius 1 is 1.38 bits per heavy atom. The van der Waals surface area contributed by atoms with E-state index in [1.165, 1.54) is 11.3 Å². The Bertz CT molecular complexity index is 352. The molecule has 0 aliphatic heterocycles. The van der Waals surface area contributed by atoms with Crippen LogP contribution in [0.4, 0.5) is 13.2 Å². The van der Waals surface area contributed by atoms with Crippen molar-refractivity contribution in [2.75, 3.05) is 0 Å². The Balaban J connectivity index is 2.79. The van der Waals surface area contributed by atoms with E-state index >= 15 is 0 Å². The summed E-state index contributed by atoms with van der Waals surface area (Å²) in [6, 6.07) is -1.06. The minimum absolute atomic E-state index is 0.152. The molecule has 0 aliphatic rings. The molecule has 0 bridgehead atoms. The van der Waals surface area contributed by atoms with Gasteiger partial charge in [-0.15, -0.1) is 11.3 Å². The average molecular weight is 252 g/mol. The molecule has 2 N–H and O–H groups in total. The minimum atomic E-state index is -4.25. The highest BCUT2D eigenvalue weighted by molar-refractivity contribution is 7.09. The smallest absolute Gasteiger partial charge is 0.322 e. The molecule has 0 amide bonds. The summed E-state index contributed by atoms with van der Waals surface area (Å²) in [5.74, 6) is 0. The lowest BCUT2D eigenvalue weighted by Gasteiger charge is -2.15. The standard InChI is InChI=1S/C10H15F3N2S/c1-9(2,3)8-15-7(5-16-8)6(14)4-10(11,12)13/h5-6H,4,14H2,1-3H3/t6-/m1/s1. The monoisotopic (exact) mass is 252 g/mol. The molecule has 0 aromatic carbocycles. The Labute approximate surface area is 96.7 Å². The normalized spacial score (nSPS) is 15.2. The number of rotatable bonds is 2. The number of halogens is 3. The van der Waals surface area contributed by atoms with Gasteiger partial charge in [0.2, 0.25) is 0 Å². The second-order valence-corrected chi connectivity index (χ2v) is 5.61. The zero-order chi connectivity index (χ0) is 12.6. The first-order valence-corrected chi connectivity index (χ1v) is 5.76. The van der Waals surface area contributed by atoms with Gasteiger partial charge in [-0.25, -0.2) is 4.98 Å². The molecule has 6 heteroatoms. The van der Waals surface area contributed by atoms with Gasteiger partial charge in [-0.2, -0.15) is 13.2 Å². The molecule has 0 fully saturated rings. The van der Waals surface area contributed by atoms with E-state index in [9.17, 15) is 13.2 Å². The third-order valence-electron chi connectivity index (χ3n) is 1.99. The van der Waals surface area contributed by atoms with Crippen molar-refractivity contribution in [3.05, 3.63) is 16.1 Å². The first kappa shape index (κ1) is 13.4. The molecule has 1 aromatic heterocycles. The Hall–Kier alpha value is -0.620. The van der Waals surface area contributed by atoms with Crippen LogP contribution in [0.2, 0.25) is 0 Å². The molecule has 0 spiro atoms. The summed E-state index contributed by atoms with van der Waals surface area (Å²) in [6.07, 6.45) is -5.27. The lowest BCUT2D eigenvalue weighted by molar-refractivity contribution is -0.138. The van der Waals surface area contributed by atoms with E-state index in [0.29, 0.717) is 5.69 Å². The van der Waals surface area contributed by atoms with Crippen LogP contribution >= 0.6 is 11.3 Å². The molecule has 0 radical (unpaired) electrons. The van der Waals surface area contributed by atoms with Crippen LogP contribution in [0.5, 0.6) is 0 Å². The maximum absolute atomic E-state index is 12.1. The van der Waals surface area contributed by atoms with Gasteiger partial charge in [0.05, 0.1) is 23.2 Å². The zero-order valence-corrected chi connectivity index (χ0v) is 10.2. The molecular formula is C10H15F3N2S. The van der Waals surface area contributed by atoms with Crippen molar-refractivity contribution in [2.45, 2.75) is 44.8 Å². The van der Waals surface area contributed by atoms with Crippen LogP contribution in [0.1, 0.15) is 43.9 Å². The van der Waals surface area contributed by atoms with Crippen molar-refractivity contribution >= 4 is 11.3 Å². The van der Waals surface area contributed by atoms with Crippen LogP contribution in [-0.4, -0.2) is 11.2 Å². The van der Waals surface area contributed by atoms with Gasteiger partial charge in [0.1, 0.15) is 0 Å². The molecule has 0 aliphatic carbocycles. The quantitative estimate of drug-likeness (QED) is 0.876. The largest absolute Gasteiger partial charge is 0.390 e. The van der Waals surface area contributed by atoms with Gasteiger partial charge in [0, 0.05) is 10.8 Å². The highest BCUT2D eigenvalue weighted by Crippen LogP contribution is 2.31. The molecular weight excluding hydrogens is 237 g/mol. The molecule has 0 saturated carbocycles. The van der Waals surface area contributed by atoms with E-state index in [-0.39, 0.29) is 5.41 Å². The number of hydrogen-bond donors (Lipinski definition) is 1. The summed E-state index contributed by atoms with van der Waals surface area (Å²) in [6.45, 7) is 5.89. The van der Waals surface area contributed by atoms with Crippen LogP contribution in [0.25, 0.3) is 0 Å². The van der Waals surface area contributed by atoms with Crippen molar-refractivity contribution in [2.24, 2.45) is 5.73 Å². The fraction of sp³-hybridized carbons (Fsp3) is 0.700. The maximum atomic E-state index is 12.1. The molecule has 1 aromatic rings. The van der Waals surface area contributed by atoms with Gasteiger partial charge in [-0.1, -0.05) is 20.8 Å². The highest BCUT2D eigenvalue weighted by atomic mass is 32.1. The highest BCUT2D eigenvalue weighted by Gasteiger charge is 2.32. The van der Waals surface area contributed by atoms with Crippen molar-refractivity contribution in [1.82, 2.24) is 4.98 Å². The number of thiazole rings is 1.